The molecule has 0 aromatic heterocycles. The summed E-state index contributed by atoms with van der Waals surface area (Å²) in [6, 6.07) is 0.655. The summed E-state index contributed by atoms with van der Waals surface area (Å²) in [6.07, 6.45) is 5.23. The van der Waals surface area contributed by atoms with Gasteiger partial charge >= 0.3 is 0 Å². The smallest absolute Gasteiger partial charge is 0.216 e. The van der Waals surface area contributed by atoms with Gasteiger partial charge in [0.2, 0.25) is 5.91 Å². The highest BCUT2D eigenvalue weighted by Crippen LogP contribution is 2.49. The van der Waals surface area contributed by atoms with Crippen molar-refractivity contribution in [3.63, 3.8) is 0 Å². The third-order valence-corrected chi connectivity index (χ3v) is 5.11. The molecule has 1 aliphatic carbocycles. The van der Waals surface area contributed by atoms with Gasteiger partial charge in [0, 0.05) is 31.0 Å². The lowest BCUT2D eigenvalue weighted by atomic mass is 9.67. The van der Waals surface area contributed by atoms with E-state index in [1.54, 1.807) is 6.92 Å². The summed E-state index contributed by atoms with van der Waals surface area (Å²) in [4.78, 5) is 11.0. The molecule has 1 aliphatic heterocycles. The van der Waals surface area contributed by atoms with E-state index in [4.69, 9.17) is 0 Å². The molecule has 18 heavy (non-hydrogen) atoms. The number of amides is 1. The Hall–Kier alpha value is -0.610. The quantitative estimate of drug-likeness (QED) is 0.693. The molecular weight excluding hydrogens is 228 g/mol. The number of carbonyl (C=O) groups is 1. The topological polar surface area (TPSA) is 61.4 Å². The molecule has 4 nitrogen and oxygen atoms in total. The van der Waals surface area contributed by atoms with Crippen LogP contribution in [0.5, 0.6) is 0 Å². The van der Waals surface area contributed by atoms with Crippen LogP contribution >= 0.6 is 0 Å². The van der Waals surface area contributed by atoms with Crippen molar-refractivity contribution in [3.05, 3.63) is 0 Å². The highest BCUT2D eigenvalue weighted by Gasteiger charge is 2.54. The van der Waals surface area contributed by atoms with Crippen molar-refractivity contribution in [2.24, 2.45) is 5.41 Å². The molecule has 0 radical (unpaired) electrons. The van der Waals surface area contributed by atoms with Crippen molar-refractivity contribution in [2.45, 2.75) is 70.6 Å². The summed E-state index contributed by atoms with van der Waals surface area (Å²) in [5.41, 5.74) is -0.682. The van der Waals surface area contributed by atoms with E-state index in [2.05, 4.69) is 17.6 Å². The number of nitrogens with one attached hydrogen (secondary N) is 2. The first kappa shape index (κ1) is 13.8. The van der Waals surface area contributed by atoms with Crippen molar-refractivity contribution in [1.29, 1.82) is 0 Å². The fourth-order valence-electron chi connectivity index (χ4n) is 3.68. The van der Waals surface area contributed by atoms with Crippen LogP contribution in [-0.2, 0) is 4.79 Å². The Morgan fingerprint density at radius 3 is 2.83 bits per heavy atom. The van der Waals surface area contributed by atoms with E-state index in [9.17, 15) is 9.90 Å². The van der Waals surface area contributed by atoms with E-state index in [0.29, 0.717) is 12.6 Å². The monoisotopic (exact) mass is 254 g/mol. The third kappa shape index (κ3) is 2.41. The lowest BCUT2D eigenvalue weighted by molar-refractivity contribution is -0.119. The molecule has 3 N–H and O–H groups in total. The van der Waals surface area contributed by atoms with Gasteiger partial charge in [-0.1, -0.05) is 19.8 Å². The summed E-state index contributed by atoms with van der Waals surface area (Å²) in [7, 11) is 0. The molecule has 4 heteroatoms. The van der Waals surface area contributed by atoms with Crippen LogP contribution in [0, 0.1) is 5.41 Å². The highest BCUT2D eigenvalue weighted by molar-refractivity contribution is 5.72. The van der Waals surface area contributed by atoms with E-state index >= 15 is 0 Å². The predicted octanol–water partition coefficient (Wildman–Crippen LogP) is 1.18. The van der Waals surface area contributed by atoms with E-state index in [1.807, 2.05) is 6.92 Å². The van der Waals surface area contributed by atoms with E-state index in [-0.39, 0.29) is 17.4 Å². The van der Waals surface area contributed by atoms with Crippen LogP contribution in [0.2, 0.25) is 0 Å². The van der Waals surface area contributed by atoms with Crippen LogP contribution in [0.15, 0.2) is 0 Å². The Morgan fingerprint density at radius 2 is 2.17 bits per heavy atom. The first-order valence-corrected chi connectivity index (χ1v) is 7.08. The molecule has 1 heterocycles. The molecule has 0 bridgehead atoms. The highest BCUT2D eigenvalue weighted by atomic mass is 16.3. The number of fused-ring (bicyclic) bond motifs is 1. The summed E-state index contributed by atoms with van der Waals surface area (Å²) in [6.45, 7) is 6.39. The number of hydrogen-bond acceptors (Lipinski definition) is 3. The van der Waals surface area contributed by atoms with Gasteiger partial charge in [0.1, 0.15) is 0 Å². The van der Waals surface area contributed by atoms with Crippen LogP contribution in [0.4, 0.5) is 0 Å². The molecule has 0 aromatic carbocycles. The van der Waals surface area contributed by atoms with Crippen molar-refractivity contribution in [3.8, 4) is 0 Å². The second kappa shape index (κ2) is 4.82. The molecule has 1 amide bonds. The average molecular weight is 254 g/mol. The lowest BCUT2D eigenvalue weighted by Gasteiger charge is -2.42. The third-order valence-electron chi connectivity index (χ3n) is 5.11. The largest absolute Gasteiger partial charge is 0.390 e. The first-order valence-electron chi connectivity index (χ1n) is 7.08. The summed E-state index contributed by atoms with van der Waals surface area (Å²) in [5.74, 6) is 0.0146. The van der Waals surface area contributed by atoms with Gasteiger partial charge in [-0.3, -0.25) is 4.79 Å². The van der Waals surface area contributed by atoms with Gasteiger partial charge in [0.15, 0.2) is 0 Å². The second-order valence-electron chi connectivity index (χ2n) is 6.49. The van der Waals surface area contributed by atoms with Crippen LogP contribution in [0.1, 0.15) is 52.9 Å². The standard InChI is InChI=1S/C14H26N2O2/c1-10(17)15-9-11-8-13(2)12(16-11)6-4-5-7-14(13,3)18/h11-12,16,18H,4-9H2,1-3H3,(H,15,17)/t11-,12-,13-,14+/m1/s1. The van der Waals surface area contributed by atoms with Crippen molar-refractivity contribution in [1.82, 2.24) is 10.6 Å². The summed E-state index contributed by atoms with van der Waals surface area (Å²) < 4.78 is 0. The maximum absolute atomic E-state index is 11.0. The molecule has 4 atom stereocenters. The molecule has 0 spiro atoms. The Labute approximate surface area is 110 Å². The zero-order valence-corrected chi connectivity index (χ0v) is 11.8. The van der Waals surface area contributed by atoms with Crippen molar-refractivity contribution >= 4 is 5.91 Å². The van der Waals surface area contributed by atoms with Crippen LogP contribution in [0.3, 0.4) is 0 Å². The summed E-state index contributed by atoms with van der Waals surface area (Å²) in [5, 5.41) is 17.2. The van der Waals surface area contributed by atoms with Gasteiger partial charge < -0.3 is 15.7 Å². The maximum atomic E-state index is 11.0. The minimum atomic E-state index is -0.605. The van der Waals surface area contributed by atoms with E-state index in [0.717, 1.165) is 25.7 Å². The van der Waals surface area contributed by atoms with E-state index in [1.165, 1.54) is 6.42 Å². The number of hydrogen-bond donors (Lipinski definition) is 3. The summed E-state index contributed by atoms with van der Waals surface area (Å²) >= 11 is 0. The lowest BCUT2D eigenvalue weighted by Crippen LogP contribution is -2.49. The Kier molecular flexibility index (Phi) is 3.70. The van der Waals surface area contributed by atoms with Gasteiger partial charge in [-0.15, -0.1) is 0 Å². The molecule has 2 aliphatic rings. The minimum absolute atomic E-state index is 0.0146. The normalized spacial score (nSPS) is 44.2. The Balaban J connectivity index is 2.08. The number of carbonyl (C=O) groups excluding carboxylic acids is 1. The average Bonchev–Trinajstić information content (AvgIpc) is 2.56. The van der Waals surface area contributed by atoms with Gasteiger partial charge in [-0.25, -0.2) is 0 Å². The van der Waals surface area contributed by atoms with Gasteiger partial charge in [0.05, 0.1) is 5.60 Å². The van der Waals surface area contributed by atoms with Gasteiger partial charge in [-0.05, 0) is 26.2 Å². The van der Waals surface area contributed by atoms with Crippen molar-refractivity contribution in [2.75, 3.05) is 6.54 Å². The fourth-order valence-corrected chi connectivity index (χ4v) is 3.68. The van der Waals surface area contributed by atoms with Crippen LogP contribution in [-0.4, -0.2) is 35.2 Å². The predicted molar refractivity (Wildman–Crippen MR) is 71.2 cm³/mol. The van der Waals surface area contributed by atoms with Crippen LogP contribution < -0.4 is 10.6 Å². The Bertz CT molecular complexity index is 330. The Morgan fingerprint density at radius 1 is 1.44 bits per heavy atom. The molecular formula is C14H26N2O2. The number of rotatable bonds is 2. The zero-order valence-electron chi connectivity index (χ0n) is 11.8. The molecule has 104 valence electrons. The van der Waals surface area contributed by atoms with Gasteiger partial charge in [-0.2, -0.15) is 0 Å². The molecule has 0 aromatic rings. The fraction of sp³-hybridized carbons (Fsp3) is 0.929. The molecule has 1 saturated heterocycles. The first-order chi connectivity index (χ1) is 8.35. The second-order valence-corrected chi connectivity index (χ2v) is 6.49. The molecule has 1 saturated carbocycles. The maximum Gasteiger partial charge on any atom is 0.216 e. The van der Waals surface area contributed by atoms with Gasteiger partial charge in [0.25, 0.3) is 0 Å². The SMILES string of the molecule is CC(=O)NC[C@H]1C[C@]2(C)[C@@H](CCCC[C@]2(C)O)N1. The zero-order chi connectivity index (χ0) is 13.4. The molecule has 2 fully saturated rings. The molecule has 0 unspecified atom stereocenters. The minimum Gasteiger partial charge on any atom is -0.390 e. The van der Waals surface area contributed by atoms with Crippen molar-refractivity contribution < 1.29 is 9.90 Å². The van der Waals surface area contributed by atoms with Crippen LogP contribution in [0.25, 0.3) is 0 Å². The number of aliphatic hydroxyl groups is 1. The molecule has 2 rings (SSSR count). The van der Waals surface area contributed by atoms with E-state index < -0.39 is 5.60 Å².